The number of nitrogens with zero attached hydrogens (tertiary/aromatic N) is 2. The third kappa shape index (κ3) is 5.99. The molecule has 0 unspecified atom stereocenters. The van der Waals surface area contributed by atoms with E-state index < -0.39 is 0 Å². The first-order valence-electron chi connectivity index (χ1n) is 7.26. The number of hydrogen-bond acceptors (Lipinski definition) is 3. The summed E-state index contributed by atoms with van der Waals surface area (Å²) in [6.45, 7) is 8.33. The van der Waals surface area contributed by atoms with Crippen LogP contribution in [0.15, 0.2) is 18.2 Å². The second kappa shape index (κ2) is 8.35. The standard InChI is InChI=1S/C16H28FN3/c1-13(2)11-20(8-7-19(3)4)12-15-6-5-14(10-18)9-16(15)17/h5-6,9,13H,7-8,10-12,18H2,1-4H3. The summed E-state index contributed by atoms with van der Waals surface area (Å²) >= 11 is 0. The van der Waals surface area contributed by atoms with E-state index in [1.807, 2.05) is 12.1 Å². The highest BCUT2D eigenvalue weighted by molar-refractivity contribution is 5.24. The van der Waals surface area contributed by atoms with E-state index in [1.165, 1.54) is 0 Å². The largest absolute Gasteiger partial charge is 0.326 e. The molecule has 1 aromatic rings. The van der Waals surface area contributed by atoms with Crippen molar-refractivity contribution < 1.29 is 4.39 Å². The lowest BCUT2D eigenvalue weighted by Crippen LogP contribution is -2.34. The van der Waals surface area contributed by atoms with Crippen LogP contribution in [0.1, 0.15) is 25.0 Å². The third-order valence-electron chi connectivity index (χ3n) is 3.23. The van der Waals surface area contributed by atoms with Crippen molar-refractivity contribution in [3.05, 3.63) is 35.1 Å². The first-order chi connectivity index (χ1) is 9.42. The first-order valence-corrected chi connectivity index (χ1v) is 7.26. The molecule has 0 radical (unpaired) electrons. The van der Waals surface area contributed by atoms with Gasteiger partial charge in [-0.3, -0.25) is 4.90 Å². The van der Waals surface area contributed by atoms with E-state index in [9.17, 15) is 4.39 Å². The predicted octanol–water partition coefficient (Wildman–Crippen LogP) is 2.30. The Labute approximate surface area is 122 Å². The Hall–Kier alpha value is -0.970. The van der Waals surface area contributed by atoms with Crippen molar-refractivity contribution in [2.24, 2.45) is 11.7 Å². The molecule has 0 spiro atoms. The Bertz CT molecular complexity index is 405. The van der Waals surface area contributed by atoms with Gasteiger partial charge in [0, 0.05) is 38.3 Å². The van der Waals surface area contributed by atoms with Crippen molar-refractivity contribution >= 4 is 0 Å². The highest BCUT2D eigenvalue weighted by atomic mass is 19.1. The van der Waals surface area contributed by atoms with E-state index in [2.05, 4.69) is 37.7 Å². The van der Waals surface area contributed by atoms with Gasteiger partial charge < -0.3 is 10.6 Å². The summed E-state index contributed by atoms with van der Waals surface area (Å²) in [7, 11) is 4.12. The molecule has 1 rings (SSSR count). The lowest BCUT2D eigenvalue weighted by Gasteiger charge is -2.26. The maximum Gasteiger partial charge on any atom is 0.128 e. The van der Waals surface area contributed by atoms with E-state index in [4.69, 9.17) is 5.73 Å². The molecule has 2 N–H and O–H groups in total. The fourth-order valence-electron chi connectivity index (χ4n) is 2.18. The number of likely N-dealkylation sites (N-methyl/N-ethyl adjacent to an activating group) is 1. The van der Waals surface area contributed by atoms with Crippen molar-refractivity contribution in [1.82, 2.24) is 9.80 Å². The van der Waals surface area contributed by atoms with Crippen molar-refractivity contribution in [2.75, 3.05) is 33.7 Å². The van der Waals surface area contributed by atoms with Crippen LogP contribution in [0.25, 0.3) is 0 Å². The quantitative estimate of drug-likeness (QED) is 0.793. The zero-order valence-electron chi connectivity index (χ0n) is 13.2. The number of rotatable bonds is 8. The summed E-state index contributed by atoms with van der Waals surface area (Å²) < 4.78 is 14.0. The molecule has 0 atom stereocenters. The summed E-state index contributed by atoms with van der Waals surface area (Å²) in [4.78, 5) is 4.46. The van der Waals surface area contributed by atoms with Gasteiger partial charge in [-0.1, -0.05) is 26.0 Å². The summed E-state index contributed by atoms with van der Waals surface area (Å²) in [6.07, 6.45) is 0. The molecule has 0 aliphatic carbocycles. The van der Waals surface area contributed by atoms with Gasteiger partial charge in [0.1, 0.15) is 5.82 Å². The van der Waals surface area contributed by atoms with Gasteiger partial charge in [-0.2, -0.15) is 0 Å². The van der Waals surface area contributed by atoms with E-state index >= 15 is 0 Å². The number of benzene rings is 1. The molecule has 0 aliphatic rings. The summed E-state index contributed by atoms with van der Waals surface area (Å²) in [6, 6.07) is 5.33. The molecule has 4 heteroatoms. The molecule has 0 bridgehead atoms. The van der Waals surface area contributed by atoms with E-state index in [0.717, 1.165) is 30.8 Å². The minimum Gasteiger partial charge on any atom is -0.326 e. The van der Waals surface area contributed by atoms with Crippen molar-refractivity contribution in [1.29, 1.82) is 0 Å². The molecule has 0 saturated carbocycles. The SMILES string of the molecule is CC(C)CN(CCN(C)C)Cc1ccc(CN)cc1F. The molecule has 0 heterocycles. The molecular formula is C16H28FN3. The monoisotopic (exact) mass is 281 g/mol. The minimum atomic E-state index is -0.147. The molecule has 0 amide bonds. The van der Waals surface area contributed by atoms with Crippen LogP contribution < -0.4 is 5.73 Å². The highest BCUT2D eigenvalue weighted by Gasteiger charge is 2.11. The Morgan fingerprint density at radius 2 is 1.90 bits per heavy atom. The molecule has 3 nitrogen and oxygen atoms in total. The second-order valence-corrected chi connectivity index (χ2v) is 6.06. The lowest BCUT2D eigenvalue weighted by molar-refractivity contribution is 0.209. The van der Waals surface area contributed by atoms with Crippen LogP contribution in [0.3, 0.4) is 0 Å². The van der Waals surface area contributed by atoms with Gasteiger partial charge in [0.15, 0.2) is 0 Å². The highest BCUT2D eigenvalue weighted by Crippen LogP contribution is 2.14. The van der Waals surface area contributed by atoms with Gasteiger partial charge in [-0.25, -0.2) is 4.39 Å². The smallest absolute Gasteiger partial charge is 0.128 e. The van der Waals surface area contributed by atoms with E-state index in [1.54, 1.807) is 6.07 Å². The normalized spacial score (nSPS) is 11.8. The second-order valence-electron chi connectivity index (χ2n) is 6.06. The average molecular weight is 281 g/mol. The number of hydrogen-bond donors (Lipinski definition) is 1. The molecule has 0 fully saturated rings. The molecule has 20 heavy (non-hydrogen) atoms. The van der Waals surface area contributed by atoms with E-state index in [-0.39, 0.29) is 5.82 Å². The molecule has 1 aromatic carbocycles. The van der Waals surface area contributed by atoms with Gasteiger partial charge >= 0.3 is 0 Å². The van der Waals surface area contributed by atoms with E-state index in [0.29, 0.717) is 19.0 Å². The van der Waals surface area contributed by atoms with Crippen LogP contribution in [0.4, 0.5) is 4.39 Å². The van der Waals surface area contributed by atoms with Crippen LogP contribution in [0, 0.1) is 11.7 Å². The van der Waals surface area contributed by atoms with Crippen molar-refractivity contribution in [3.63, 3.8) is 0 Å². The lowest BCUT2D eigenvalue weighted by atomic mass is 10.1. The minimum absolute atomic E-state index is 0.147. The Kier molecular flexibility index (Phi) is 7.13. The Morgan fingerprint density at radius 3 is 2.40 bits per heavy atom. The third-order valence-corrected chi connectivity index (χ3v) is 3.23. The van der Waals surface area contributed by atoms with Crippen molar-refractivity contribution in [2.45, 2.75) is 26.9 Å². The molecule has 114 valence electrons. The first kappa shape index (κ1) is 17.1. The topological polar surface area (TPSA) is 32.5 Å². The fourth-order valence-corrected chi connectivity index (χ4v) is 2.18. The van der Waals surface area contributed by atoms with Gasteiger partial charge in [-0.05, 0) is 31.6 Å². The van der Waals surface area contributed by atoms with Crippen LogP contribution >= 0.6 is 0 Å². The fraction of sp³-hybridized carbons (Fsp3) is 0.625. The molecular weight excluding hydrogens is 253 g/mol. The van der Waals surface area contributed by atoms with Gasteiger partial charge in [0.25, 0.3) is 0 Å². The number of nitrogens with two attached hydrogens (primary N) is 1. The van der Waals surface area contributed by atoms with Crippen molar-refractivity contribution in [3.8, 4) is 0 Å². The zero-order chi connectivity index (χ0) is 15.1. The van der Waals surface area contributed by atoms with Crippen LogP contribution in [-0.2, 0) is 13.1 Å². The van der Waals surface area contributed by atoms with Gasteiger partial charge in [-0.15, -0.1) is 0 Å². The zero-order valence-corrected chi connectivity index (χ0v) is 13.2. The maximum atomic E-state index is 14.0. The Balaban J connectivity index is 2.72. The summed E-state index contributed by atoms with van der Waals surface area (Å²) in [5.41, 5.74) is 7.13. The maximum absolute atomic E-state index is 14.0. The number of halogens is 1. The molecule has 0 saturated heterocycles. The predicted molar refractivity (Wildman–Crippen MR) is 83.0 cm³/mol. The molecule has 0 aliphatic heterocycles. The molecule has 0 aromatic heterocycles. The summed E-state index contributed by atoms with van der Waals surface area (Å²) in [5.74, 6) is 0.426. The summed E-state index contributed by atoms with van der Waals surface area (Å²) in [5, 5.41) is 0. The van der Waals surface area contributed by atoms with Gasteiger partial charge in [0.05, 0.1) is 0 Å². The van der Waals surface area contributed by atoms with Gasteiger partial charge in [0.2, 0.25) is 0 Å². The van der Waals surface area contributed by atoms with Crippen LogP contribution in [0.2, 0.25) is 0 Å². The average Bonchev–Trinajstić information content (AvgIpc) is 2.37. The van der Waals surface area contributed by atoms with Crippen LogP contribution in [0.5, 0.6) is 0 Å². The Morgan fingerprint density at radius 1 is 1.20 bits per heavy atom. The van der Waals surface area contributed by atoms with Crippen LogP contribution in [-0.4, -0.2) is 43.5 Å².